The molecule has 1 heterocycles. The first-order chi connectivity index (χ1) is 10.3. The predicted molar refractivity (Wildman–Crippen MR) is 86.5 cm³/mol. The number of hydrogen-bond acceptors (Lipinski definition) is 4. The van der Waals surface area contributed by atoms with Gasteiger partial charge >= 0.3 is 0 Å². The topological polar surface area (TPSA) is 60.2 Å². The molecular weight excluding hydrogens is 262 g/mol. The van der Waals surface area contributed by atoms with Gasteiger partial charge in [0.05, 0.1) is 7.11 Å². The van der Waals surface area contributed by atoms with Crippen LogP contribution >= 0.6 is 0 Å². The number of rotatable bonds is 4. The molecule has 0 saturated carbocycles. The fraction of sp³-hybridized carbons (Fsp3) is 0.118. The highest BCUT2D eigenvalue weighted by atomic mass is 16.5. The van der Waals surface area contributed by atoms with E-state index in [1.807, 2.05) is 42.5 Å². The Labute approximate surface area is 123 Å². The number of nitrogens with zero attached hydrogens (tertiary/aromatic N) is 1. The molecule has 3 rings (SSSR count). The molecule has 0 atom stereocenters. The van der Waals surface area contributed by atoms with Crippen LogP contribution in [0.5, 0.6) is 5.75 Å². The molecule has 0 aliphatic rings. The van der Waals surface area contributed by atoms with Gasteiger partial charge in [0, 0.05) is 41.1 Å². The first kappa shape index (κ1) is 13.2. The van der Waals surface area contributed by atoms with Gasteiger partial charge in [-0.2, -0.15) is 0 Å². The zero-order valence-corrected chi connectivity index (χ0v) is 11.8. The molecule has 0 aliphatic carbocycles. The maximum Gasteiger partial charge on any atom is 0.118 e. The second-order valence-corrected chi connectivity index (χ2v) is 4.83. The number of methoxy groups -OCH3 is 1. The molecule has 3 N–H and O–H groups in total. The molecule has 4 nitrogen and oxygen atoms in total. The summed E-state index contributed by atoms with van der Waals surface area (Å²) in [5.74, 6) is 0.864. The van der Waals surface area contributed by atoms with Gasteiger partial charge in [-0.15, -0.1) is 0 Å². The Hall–Kier alpha value is -2.75. The highest BCUT2D eigenvalue weighted by Crippen LogP contribution is 2.27. The summed E-state index contributed by atoms with van der Waals surface area (Å²) in [6, 6.07) is 13.9. The van der Waals surface area contributed by atoms with E-state index in [4.69, 9.17) is 10.5 Å². The number of ether oxygens (including phenoxy) is 1. The van der Waals surface area contributed by atoms with E-state index in [0.717, 1.165) is 34.4 Å². The van der Waals surface area contributed by atoms with Gasteiger partial charge in [0.15, 0.2) is 0 Å². The van der Waals surface area contributed by atoms with Crippen LogP contribution in [0.2, 0.25) is 0 Å². The summed E-state index contributed by atoms with van der Waals surface area (Å²) in [5.41, 5.74) is 8.97. The van der Waals surface area contributed by atoms with E-state index in [-0.39, 0.29) is 0 Å². The van der Waals surface area contributed by atoms with E-state index in [1.165, 1.54) is 5.56 Å². The lowest BCUT2D eigenvalue weighted by Crippen LogP contribution is -2.01. The lowest BCUT2D eigenvalue weighted by atomic mass is 10.1. The van der Waals surface area contributed by atoms with Crippen molar-refractivity contribution in [1.82, 2.24) is 4.98 Å². The summed E-state index contributed by atoms with van der Waals surface area (Å²) >= 11 is 0. The van der Waals surface area contributed by atoms with Crippen LogP contribution in [0.3, 0.4) is 0 Å². The molecule has 0 bridgehead atoms. The Morgan fingerprint density at radius 1 is 1.05 bits per heavy atom. The maximum absolute atomic E-state index is 5.98. The molecule has 0 radical (unpaired) electrons. The van der Waals surface area contributed by atoms with Crippen molar-refractivity contribution in [2.45, 2.75) is 6.54 Å². The molecule has 0 amide bonds. The second kappa shape index (κ2) is 5.71. The summed E-state index contributed by atoms with van der Waals surface area (Å²) in [4.78, 5) is 4.13. The van der Waals surface area contributed by atoms with Gasteiger partial charge in [0.25, 0.3) is 0 Å². The third kappa shape index (κ3) is 2.74. The predicted octanol–water partition coefficient (Wildman–Crippen LogP) is 3.44. The number of hydrogen-bond donors (Lipinski definition) is 2. The summed E-state index contributed by atoms with van der Waals surface area (Å²) < 4.78 is 5.16. The van der Waals surface area contributed by atoms with Crippen LogP contribution in [-0.2, 0) is 6.54 Å². The number of benzene rings is 2. The van der Waals surface area contributed by atoms with E-state index < -0.39 is 0 Å². The van der Waals surface area contributed by atoms with Gasteiger partial charge in [-0.05, 0) is 35.9 Å². The monoisotopic (exact) mass is 279 g/mol. The van der Waals surface area contributed by atoms with E-state index in [0.29, 0.717) is 0 Å². The number of anilines is 2. The van der Waals surface area contributed by atoms with Crippen LogP contribution in [0.1, 0.15) is 5.56 Å². The van der Waals surface area contributed by atoms with E-state index in [9.17, 15) is 0 Å². The summed E-state index contributed by atoms with van der Waals surface area (Å²) in [6.45, 7) is 0.741. The van der Waals surface area contributed by atoms with Crippen LogP contribution in [0.4, 0.5) is 11.4 Å². The molecule has 0 aliphatic heterocycles. The van der Waals surface area contributed by atoms with E-state index >= 15 is 0 Å². The molecule has 0 saturated heterocycles. The highest BCUT2D eigenvalue weighted by Gasteiger charge is 2.04. The molecule has 2 aromatic carbocycles. The Morgan fingerprint density at radius 2 is 1.86 bits per heavy atom. The molecule has 21 heavy (non-hydrogen) atoms. The molecule has 0 fully saturated rings. The van der Waals surface area contributed by atoms with Crippen molar-refractivity contribution in [1.29, 1.82) is 0 Å². The molecule has 0 spiro atoms. The largest absolute Gasteiger partial charge is 0.497 e. The quantitative estimate of drug-likeness (QED) is 0.718. The third-order valence-corrected chi connectivity index (χ3v) is 3.49. The Kier molecular flexibility index (Phi) is 3.60. The highest BCUT2D eigenvalue weighted by molar-refractivity contribution is 6.00. The fourth-order valence-corrected chi connectivity index (χ4v) is 2.31. The summed E-state index contributed by atoms with van der Waals surface area (Å²) in [5, 5.41) is 5.50. The lowest BCUT2D eigenvalue weighted by Gasteiger charge is -2.11. The van der Waals surface area contributed by atoms with Crippen molar-refractivity contribution in [3.8, 4) is 5.75 Å². The molecule has 0 unspecified atom stereocenters. The average molecular weight is 279 g/mol. The van der Waals surface area contributed by atoms with Crippen LogP contribution in [0.15, 0.2) is 54.9 Å². The minimum absolute atomic E-state index is 0.741. The second-order valence-electron chi connectivity index (χ2n) is 4.83. The number of nitrogen functional groups attached to an aromatic ring is 1. The van der Waals surface area contributed by atoms with E-state index in [1.54, 1.807) is 19.5 Å². The SMILES string of the molecule is COc1ccc(CNc2ccc(N)c3cnccc23)cc1. The Balaban J connectivity index is 1.83. The van der Waals surface area contributed by atoms with Gasteiger partial charge in [-0.3, -0.25) is 4.98 Å². The van der Waals surface area contributed by atoms with Crippen molar-refractivity contribution in [3.05, 3.63) is 60.4 Å². The minimum Gasteiger partial charge on any atom is -0.497 e. The number of nitrogens with two attached hydrogens (primary N) is 1. The zero-order chi connectivity index (χ0) is 14.7. The lowest BCUT2D eigenvalue weighted by molar-refractivity contribution is 0.414. The molecular formula is C17H17N3O. The van der Waals surface area contributed by atoms with Gasteiger partial charge in [0.1, 0.15) is 5.75 Å². The van der Waals surface area contributed by atoms with Crippen LogP contribution in [0, 0.1) is 0 Å². The number of aromatic nitrogens is 1. The standard InChI is InChI=1S/C17H17N3O/c1-21-13-4-2-12(3-5-13)10-20-17-7-6-16(18)15-11-19-9-8-14(15)17/h2-9,11,20H,10,18H2,1H3. The van der Waals surface area contributed by atoms with Crippen molar-refractivity contribution >= 4 is 22.1 Å². The molecule has 4 heteroatoms. The summed E-state index contributed by atoms with van der Waals surface area (Å²) in [7, 11) is 1.67. The first-order valence-electron chi connectivity index (χ1n) is 6.77. The van der Waals surface area contributed by atoms with Crippen LogP contribution in [-0.4, -0.2) is 12.1 Å². The van der Waals surface area contributed by atoms with Crippen molar-refractivity contribution in [2.75, 3.05) is 18.2 Å². The van der Waals surface area contributed by atoms with Crippen LogP contribution in [0.25, 0.3) is 10.8 Å². The summed E-state index contributed by atoms with van der Waals surface area (Å²) in [6.07, 6.45) is 3.57. The van der Waals surface area contributed by atoms with Crippen LogP contribution < -0.4 is 15.8 Å². The third-order valence-electron chi connectivity index (χ3n) is 3.49. The Bertz CT molecular complexity index is 754. The number of pyridine rings is 1. The van der Waals surface area contributed by atoms with Crippen molar-refractivity contribution < 1.29 is 4.74 Å². The van der Waals surface area contributed by atoms with E-state index in [2.05, 4.69) is 10.3 Å². The number of fused-ring (bicyclic) bond motifs is 1. The minimum atomic E-state index is 0.741. The van der Waals surface area contributed by atoms with Gasteiger partial charge < -0.3 is 15.8 Å². The van der Waals surface area contributed by atoms with Gasteiger partial charge in [-0.1, -0.05) is 12.1 Å². The zero-order valence-electron chi connectivity index (χ0n) is 11.8. The first-order valence-corrected chi connectivity index (χ1v) is 6.77. The van der Waals surface area contributed by atoms with Crippen molar-refractivity contribution in [3.63, 3.8) is 0 Å². The molecule has 1 aromatic heterocycles. The smallest absolute Gasteiger partial charge is 0.118 e. The van der Waals surface area contributed by atoms with Crippen molar-refractivity contribution in [2.24, 2.45) is 0 Å². The molecule has 3 aromatic rings. The Morgan fingerprint density at radius 3 is 2.62 bits per heavy atom. The normalized spacial score (nSPS) is 10.5. The van der Waals surface area contributed by atoms with Gasteiger partial charge in [0.2, 0.25) is 0 Å². The van der Waals surface area contributed by atoms with Gasteiger partial charge in [-0.25, -0.2) is 0 Å². The maximum atomic E-state index is 5.98. The number of nitrogens with one attached hydrogen (secondary N) is 1. The molecule has 106 valence electrons. The fourth-order valence-electron chi connectivity index (χ4n) is 2.31. The average Bonchev–Trinajstić information content (AvgIpc) is 2.55.